The fourth-order valence-electron chi connectivity index (χ4n) is 4.42. The van der Waals surface area contributed by atoms with Crippen molar-refractivity contribution in [3.05, 3.63) is 65.8 Å². The lowest BCUT2D eigenvalue weighted by Gasteiger charge is -2.32. The summed E-state index contributed by atoms with van der Waals surface area (Å²) in [5, 5.41) is 2.66. The summed E-state index contributed by atoms with van der Waals surface area (Å²) >= 11 is 0. The lowest BCUT2D eigenvalue weighted by Crippen LogP contribution is -2.41. The van der Waals surface area contributed by atoms with Crippen LogP contribution in [-0.4, -0.2) is 18.3 Å². The second-order valence-electron chi connectivity index (χ2n) is 8.42. The molecule has 0 saturated carbocycles. The van der Waals surface area contributed by atoms with Crippen molar-refractivity contribution in [1.82, 2.24) is 0 Å². The first-order chi connectivity index (χ1) is 11.9. The third kappa shape index (κ3) is 2.00. The molecule has 0 bridgehead atoms. The number of fused-ring (bicyclic) bond motifs is 3. The van der Waals surface area contributed by atoms with E-state index in [1.807, 2.05) is 0 Å². The molecule has 1 saturated heterocycles. The summed E-state index contributed by atoms with van der Waals surface area (Å²) in [5.74, 6) is 0.912. The predicted octanol–water partition coefficient (Wildman–Crippen LogP) is 4.45. The van der Waals surface area contributed by atoms with Gasteiger partial charge in [-0.1, -0.05) is 54.6 Å². The summed E-state index contributed by atoms with van der Waals surface area (Å²) in [6.45, 7) is 8.43. The van der Waals surface area contributed by atoms with Crippen LogP contribution < -0.4 is 5.46 Å². The Labute approximate surface area is 149 Å². The minimum absolute atomic E-state index is 0.317. The maximum absolute atomic E-state index is 6.33. The number of rotatable bonds is 1. The zero-order valence-electron chi connectivity index (χ0n) is 15.2. The van der Waals surface area contributed by atoms with Crippen LogP contribution in [0.1, 0.15) is 50.7 Å². The first kappa shape index (κ1) is 15.4. The van der Waals surface area contributed by atoms with E-state index < -0.39 is 0 Å². The topological polar surface area (TPSA) is 18.5 Å². The molecule has 0 radical (unpaired) electrons. The SMILES string of the molecule is CC1(C)OB(c2ccc3c4c(cccc24)C2C=CC=CC32)OC1(C)C. The van der Waals surface area contributed by atoms with Gasteiger partial charge < -0.3 is 9.31 Å². The Hall–Kier alpha value is -1.84. The van der Waals surface area contributed by atoms with Gasteiger partial charge in [-0.05, 0) is 55.1 Å². The minimum Gasteiger partial charge on any atom is -0.399 e. The number of allylic oxidation sites excluding steroid dienone is 4. The summed E-state index contributed by atoms with van der Waals surface area (Å²) in [6.07, 6.45) is 8.99. The Morgan fingerprint density at radius 2 is 1.40 bits per heavy atom. The molecule has 0 N–H and O–H groups in total. The van der Waals surface area contributed by atoms with Gasteiger partial charge in [0.05, 0.1) is 11.2 Å². The van der Waals surface area contributed by atoms with E-state index in [9.17, 15) is 0 Å². The van der Waals surface area contributed by atoms with Gasteiger partial charge in [-0.25, -0.2) is 0 Å². The molecule has 3 aliphatic rings. The van der Waals surface area contributed by atoms with E-state index in [1.165, 1.54) is 21.9 Å². The molecule has 1 heterocycles. The van der Waals surface area contributed by atoms with E-state index in [4.69, 9.17) is 9.31 Å². The fourth-order valence-corrected chi connectivity index (χ4v) is 4.42. The standard InChI is InChI=1S/C22H23BO2/c1-21(2)22(3,4)25-23(24-21)19-13-12-17-15-9-6-5-8-14(15)16-10-7-11-18(19)20(16)17/h5-15H,1-4H3. The molecule has 2 unspecified atom stereocenters. The van der Waals surface area contributed by atoms with Crippen LogP contribution in [0.4, 0.5) is 0 Å². The Morgan fingerprint density at radius 1 is 0.800 bits per heavy atom. The highest BCUT2D eigenvalue weighted by Gasteiger charge is 2.52. The lowest BCUT2D eigenvalue weighted by molar-refractivity contribution is 0.00578. The van der Waals surface area contributed by atoms with Crippen LogP contribution >= 0.6 is 0 Å². The van der Waals surface area contributed by atoms with Crippen molar-refractivity contribution >= 4 is 23.4 Å². The summed E-state index contributed by atoms with van der Waals surface area (Å²) in [5.41, 5.74) is 3.36. The first-order valence-corrected chi connectivity index (χ1v) is 9.15. The maximum Gasteiger partial charge on any atom is 0.495 e. The van der Waals surface area contributed by atoms with Gasteiger partial charge in [0.1, 0.15) is 0 Å². The Kier molecular flexibility index (Phi) is 3.00. The summed E-state index contributed by atoms with van der Waals surface area (Å²) in [7, 11) is -0.317. The van der Waals surface area contributed by atoms with Crippen molar-refractivity contribution in [2.24, 2.45) is 0 Å². The van der Waals surface area contributed by atoms with E-state index in [0.717, 1.165) is 5.46 Å². The predicted molar refractivity (Wildman–Crippen MR) is 103 cm³/mol. The van der Waals surface area contributed by atoms with E-state index in [0.29, 0.717) is 11.8 Å². The molecule has 3 heteroatoms. The monoisotopic (exact) mass is 330 g/mol. The molecule has 2 aromatic carbocycles. The molecule has 2 aromatic rings. The molecule has 0 spiro atoms. The molecule has 1 aliphatic heterocycles. The zero-order chi connectivity index (χ0) is 17.4. The molecule has 5 rings (SSSR count). The van der Waals surface area contributed by atoms with Crippen LogP contribution in [0.2, 0.25) is 0 Å². The first-order valence-electron chi connectivity index (χ1n) is 9.15. The molecular weight excluding hydrogens is 307 g/mol. The molecular formula is C22H23BO2. The van der Waals surface area contributed by atoms with Crippen molar-refractivity contribution in [3.63, 3.8) is 0 Å². The lowest BCUT2D eigenvalue weighted by atomic mass is 9.75. The average molecular weight is 330 g/mol. The van der Waals surface area contributed by atoms with Crippen molar-refractivity contribution in [2.45, 2.75) is 50.7 Å². The van der Waals surface area contributed by atoms with Crippen molar-refractivity contribution in [2.75, 3.05) is 0 Å². The van der Waals surface area contributed by atoms with Crippen LogP contribution in [0.15, 0.2) is 54.6 Å². The van der Waals surface area contributed by atoms with Crippen molar-refractivity contribution in [1.29, 1.82) is 0 Å². The van der Waals surface area contributed by atoms with Gasteiger partial charge in [0.15, 0.2) is 0 Å². The van der Waals surface area contributed by atoms with E-state index in [2.05, 4.69) is 82.3 Å². The van der Waals surface area contributed by atoms with Crippen LogP contribution in [0.5, 0.6) is 0 Å². The third-order valence-corrected chi connectivity index (χ3v) is 6.50. The molecule has 1 fully saturated rings. The highest BCUT2D eigenvalue weighted by Crippen LogP contribution is 2.49. The van der Waals surface area contributed by atoms with Crippen LogP contribution in [0.3, 0.4) is 0 Å². The highest BCUT2D eigenvalue weighted by molar-refractivity contribution is 6.65. The van der Waals surface area contributed by atoms with Crippen molar-refractivity contribution in [3.8, 4) is 0 Å². The largest absolute Gasteiger partial charge is 0.495 e. The van der Waals surface area contributed by atoms with Gasteiger partial charge in [-0.3, -0.25) is 0 Å². The Morgan fingerprint density at radius 3 is 2.04 bits per heavy atom. The van der Waals surface area contributed by atoms with Gasteiger partial charge in [0.25, 0.3) is 0 Å². The number of benzene rings is 2. The maximum atomic E-state index is 6.33. The van der Waals surface area contributed by atoms with E-state index in [-0.39, 0.29) is 18.3 Å². The second-order valence-corrected chi connectivity index (χ2v) is 8.42. The second kappa shape index (κ2) is 4.87. The molecule has 0 amide bonds. The van der Waals surface area contributed by atoms with E-state index in [1.54, 1.807) is 0 Å². The zero-order valence-corrected chi connectivity index (χ0v) is 15.2. The molecule has 2 aliphatic carbocycles. The summed E-state index contributed by atoms with van der Waals surface area (Å²) in [6, 6.07) is 11.1. The number of hydrogen-bond acceptors (Lipinski definition) is 2. The van der Waals surface area contributed by atoms with Gasteiger partial charge in [0, 0.05) is 11.8 Å². The molecule has 0 aromatic heterocycles. The van der Waals surface area contributed by atoms with Crippen molar-refractivity contribution < 1.29 is 9.31 Å². The smallest absolute Gasteiger partial charge is 0.399 e. The summed E-state index contributed by atoms with van der Waals surface area (Å²) < 4.78 is 12.7. The molecule has 2 nitrogen and oxygen atoms in total. The van der Waals surface area contributed by atoms with Crippen LogP contribution in [0, 0.1) is 0 Å². The van der Waals surface area contributed by atoms with Crippen LogP contribution in [0.25, 0.3) is 10.8 Å². The quantitative estimate of drug-likeness (QED) is 0.720. The Bertz CT molecular complexity index is 898. The molecule has 126 valence electrons. The fraction of sp³-hybridized carbons (Fsp3) is 0.364. The average Bonchev–Trinajstić information content (AvgIpc) is 3.01. The highest BCUT2D eigenvalue weighted by atomic mass is 16.7. The van der Waals surface area contributed by atoms with Gasteiger partial charge in [-0.15, -0.1) is 0 Å². The minimum atomic E-state index is -0.320. The molecule has 25 heavy (non-hydrogen) atoms. The van der Waals surface area contributed by atoms with Crippen LogP contribution in [-0.2, 0) is 9.31 Å². The van der Waals surface area contributed by atoms with E-state index >= 15 is 0 Å². The molecule has 2 atom stereocenters. The Balaban J connectivity index is 1.69. The third-order valence-electron chi connectivity index (χ3n) is 6.50. The van der Waals surface area contributed by atoms with Gasteiger partial charge in [-0.2, -0.15) is 0 Å². The summed E-state index contributed by atoms with van der Waals surface area (Å²) in [4.78, 5) is 0. The van der Waals surface area contributed by atoms with Gasteiger partial charge >= 0.3 is 7.12 Å². The normalized spacial score (nSPS) is 27.9. The number of hydrogen-bond donors (Lipinski definition) is 0. The van der Waals surface area contributed by atoms with Gasteiger partial charge in [0.2, 0.25) is 0 Å².